The monoisotopic (exact) mass is 865 g/mol. The molecule has 0 bridgehead atoms. The topological polar surface area (TPSA) is 175 Å². The molecule has 2 fully saturated rings. The number of aromatic nitrogens is 2. The van der Waals surface area contributed by atoms with Crippen LogP contribution in [0.3, 0.4) is 0 Å². The Morgan fingerprint density at radius 1 is 0.719 bits per heavy atom. The van der Waals surface area contributed by atoms with Crippen molar-refractivity contribution in [3.8, 4) is 22.4 Å². The third-order valence-corrected chi connectivity index (χ3v) is 10.1. The van der Waals surface area contributed by atoms with Crippen LogP contribution >= 0.6 is 54.0 Å². The second-order valence-corrected chi connectivity index (χ2v) is 14.3. The van der Waals surface area contributed by atoms with Crippen LogP contribution in [0.4, 0.5) is 9.59 Å². The highest BCUT2D eigenvalue weighted by Crippen LogP contribution is 2.33. The van der Waals surface area contributed by atoms with Crippen molar-refractivity contribution in [1.82, 2.24) is 35.7 Å². The Labute approximate surface area is 363 Å². The normalized spacial score (nSPS) is 16.8. The molecule has 0 aliphatic carbocycles. The van der Waals surface area contributed by atoms with Crippen LogP contribution in [0.1, 0.15) is 75.6 Å². The number of hydrogen-bond donors (Lipinski definition) is 4. The van der Waals surface area contributed by atoms with Gasteiger partial charge in [-0.1, -0.05) is 64.1 Å². The number of benzene rings is 2. The summed E-state index contributed by atoms with van der Waals surface area (Å²) in [6.45, 7) is 8.97. The lowest BCUT2D eigenvalue weighted by molar-refractivity contribution is -0.136. The average molecular weight is 866 g/mol. The van der Waals surface area contributed by atoms with Gasteiger partial charge in [-0.2, -0.15) is 54.0 Å². The number of alkyl carbamates (subject to hydrolysis) is 2. The van der Waals surface area contributed by atoms with Gasteiger partial charge in [0.25, 0.3) is 5.91 Å². The summed E-state index contributed by atoms with van der Waals surface area (Å²) in [7, 11) is 2.54. The van der Waals surface area contributed by atoms with Gasteiger partial charge < -0.3 is 40.2 Å². The number of amides is 5. The lowest BCUT2D eigenvalue weighted by atomic mass is 10.0. The van der Waals surface area contributed by atoms with E-state index in [0.29, 0.717) is 31.0 Å². The fourth-order valence-corrected chi connectivity index (χ4v) is 7.03. The third-order valence-electron chi connectivity index (χ3n) is 10.1. The molecule has 0 spiro atoms. The maximum Gasteiger partial charge on any atom is 0.407 e. The van der Waals surface area contributed by atoms with Crippen molar-refractivity contribution in [1.29, 1.82) is 0 Å². The zero-order chi connectivity index (χ0) is 38.2. The summed E-state index contributed by atoms with van der Waals surface area (Å²) in [4.78, 5) is 75.2. The number of carbonyl (C=O) groups is 5. The number of nitrogens with zero attached hydrogens (tertiary/aromatic N) is 3. The van der Waals surface area contributed by atoms with Crippen molar-refractivity contribution >= 4 is 83.9 Å². The van der Waals surface area contributed by atoms with E-state index in [4.69, 9.17) is 9.47 Å². The quantitative estimate of drug-likeness (QED) is 0.189. The Kier molecular flexibility index (Phi) is 21.0. The van der Waals surface area contributed by atoms with Crippen molar-refractivity contribution in [3.05, 3.63) is 66.1 Å². The lowest BCUT2D eigenvalue weighted by Crippen LogP contribution is -2.54. The summed E-state index contributed by atoms with van der Waals surface area (Å²) in [5, 5.41) is 8.31. The zero-order valence-electron chi connectivity index (χ0n) is 33.3. The fourth-order valence-electron chi connectivity index (χ4n) is 7.03. The summed E-state index contributed by atoms with van der Waals surface area (Å²) >= 11 is 0. The molecule has 57 heavy (non-hydrogen) atoms. The summed E-state index contributed by atoms with van der Waals surface area (Å²) in [6.07, 6.45) is 3.67. The molecule has 1 aromatic heterocycles. The molecular weight excluding hydrogens is 807 g/mol. The molecule has 2 aromatic carbocycles. The first-order valence-electron chi connectivity index (χ1n) is 18.3. The molecule has 2 aliphatic rings. The highest BCUT2D eigenvalue weighted by molar-refractivity contribution is 7.59. The Morgan fingerprint density at radius 3 is 1.72 bits per heavy atom. The number of methoxy groups -OCH3 is 2. The first kappa shape index (κ1) is 51.0. The van der Waals surface area contributed by atoms with Gasteiger partial charge in [0.1, 0.15) is 17.9 Å². The van der Waals surface area contributed by atoms with Gasteiger partial charge in [0.15, 0.2) is 0 Å². The van der Waals surface area contributed by atoms with Crippen LogP contribution in [0.15, 0.2) is 54.7 Å². The van der Waals surface area contributed by atoms with Crippen molar-refractivity contribution in [2.45, 2.75) is 77.5 Å². The Hall–Kier alpha value is -4.00. The molecule has 316 valence electrons. The minimum atomic E-state index is -0.709. The van der Waals surface area contributed by atoms with Gasteiger partial charge in [0.2, 0.25) is 11.8 Å². The molecule has 3 aromatic rings. The minimum absolute atomic E-state index is 0. The van der Waals surface area contributed by atoms with Crippen LogP contribution in [0.25, 0.3) is 22.4 Å². The number of ether oxygens (including phenoxy) is 2. The van der Waals surface area contributed by atoms with Gasteiger partial charge in [-0.15, -0.1) is 0 Å². The number of H-pyrrole nitrogens is 1. The van der Waals surface area contributed by atoms with E-state index in [1.54, 1.807) is 28.1 Å². The largest absolute Gasteiger partial charge is 0.453 e. The molecule has 4 N–H and O–H groups in total. The molecule has 14 nitrogen and oxygen atoms in total. The van der Waals surface area contributed by atoms with Crippen LogP contribution in [-0.4, -0.2) is 102 Å². The van der Waals surface area contributed by atoms with Crippen LogP contribution in [0.5, 0.6) is 0 Å². The highest BCUT2D eigenvalue weighted by atomic mass is 32.1. The average Bonchev–Trinajstić information content (AvgIpc) is 3.96. The Morgan fingerprint density at radius 2 is 1.19 bits per heavy atom. The second-order valence-electron chi connectivity index (χ2n) is 14.3. The number of hydrogen-bond acceptors (Lipinski definition) is 8. The number of aromatic amines is 1. The molecular formula is C39H59N7O7S4. The SMILES string of the molecule is COC(=O)N[C@H](C(=O)N1CCC[C@H]1CNC(=O)c1ccc(-c2ccc(-c3cnc([C@@H]4CCCN4C(=O)[C@@H](NC(=O)OC)C(C)C)[nH]3)cc2)cc1)C(C)C.S.S.S.S. The van der Waals surface area contributed by atoms with Crippen molar-refractivity contribution in [2.75, 3.05) is 33.9 Å². The van der Waals surface area contributed by atoms with Crippen LogP contribution in [-0.2, 0) is 19.1 Å². The van der Waals surface area contributed by atoms with E-state index in [1.165, 1.54) is 14.2 Å². The minimum Gasteiger partial charge on any atom is -0.453 e. The summed E-state index contributed by atoms with van der Waals surface area (Å²) < 4.78 is 9.44. The third kappa shape index (κ3) is 12.5. The van der Waals surface area contributed by atoms with Gasteiger partial charge in [-0.25, -0.2) is 14.6 Å². The van der Waals surface area contributed by atoms with Gasteiger partial charge in [-0.05, 0) is 66.3 Å². The number of rotatable bonds is 12. The fraction of sp³-hybridized carbons (Fsp3) is 0.487. The van der Waals surface area contributed by atoms with Crippen molar-refractivity contribution in [3.63, 3.8) is 0 Å². The van der Waals surface area contributed by atoms with E-state index in [0.717, 1.165) is 48.1 Å². The first-order valence-corrected chi connectivity index (χ1v) is 18.3. The van der Waals surface area contributed by atoms with Crippen LogP contribution in [0, 0.1) is 11.8 Å². The summed E-state index contributed by atoms with van der Waals surface area (Å²) in [5.41, 5.74) is 4.20. The van der Waals surface area contributed by atoms with E-state index >= 15 is 0 Å². The second kappa shape index (κ2) is 23.4. The molecule has 5 rings (SSSR count). The number of imidazole rings is 1. The lowest BCUT2D eigenvalue weighted by Gasteiger charge is -2.30. The molecule has 0 unspecified atom stereocenters. The standard InChI is InChI=1S/C39H51N7O7.4H2S/c1-23(2)32(43-38(50)52-5)36(48)45-19-7-9-29(45)21-41-35(47)28-17-13-26(14-18-28)25-11-15-27(16-12-25)30-22-40-34(42-30)31-10-8-20-46(31)37(49)33(24(3)4)44-39(51)53-6;;;;/h11-18,22-24,29,31-33H,7-10,19-21H2,1-6H3,(H,40,42)(H,41,47)(H,43,50)(H,44,51);4*1H2/t29-,31-,32-,33-;;;;/m0..../s1. The highest BCUT2D eigenvalue weighted by Gasteiger charge is 2.38. The van der Waals surface area contributed by atoms with E-state index in [-0.39, 0.29) is 95.6 Å². The molecule has 2 aliphatic heterocycles. The van der Waals surface area contributed by atoms with Gasteiger partial charge in [0, 0.05) is 31.2 Å². The van der Waals surface area contributed by atoms with E-state index in [1.807, 2.05) is 64.1 Å². The van der Waals surface area contributed by atoms with Gasteiger partial charge >= 0.3 is 12.2 Å². The number of nitrogens with one attached hydrogen (secondary N) is 4. The van der Waals surface area contributed by atoms with Crippen molar-refractivity contribution in [2.24, 2.45) is 11.8 Å². The van der Waals surface area contributed by atoms with Crippen LogP contribution < -0.4 is 16.0 Å². The molecule has 2 saturated heterocycles. The van der Waals surface area contributed by atoms with Gasteiger partial charge in [0.05, 0.1) is 32.2 Å². The maximum absolute atomic E-state index is 13.5. The first-order chi connectivity index (χ1) is 25.4. The number of likely N-dealkylation sites (tertiary alicyclic amines) is 2. The zero-order valence-corrected chi connectivity index (χ0v) is 37.3. The predicted molar refractivity (Wildman–Crippen MR) is 240 cm³/mol. The molecule has 0 saturated carbocycles. The molecule has 3 heterocycles. The van der Waals surface area contributed by atoms with Gasteiger partial charge in [-0.3, -0.25) is 14.4 Å². The Balaban J connectivity index is 0.00000406. The molecule has 0 radical (unpaired) electrons. The smallest absolute Gasteiger partial charge is 0.407 e. The Bertz CT molecular complexity index is 1780. The maximum atomic E-state index is 13.5. The van der Waals surface area contributed by atoms with E-state index in [2.05, 4.69) is 25.9 Å². The van der Waals surface area contributed by atoms with E-state index < -0.39 is 24.3 Å². The van der Waals surface area contributed by atoms with E-state index in [9.17, 15) is 24.0 Å². The van der Waals surface area contributed by atoms with Crippen LogP contribution in [0.2, 0.25) is 0 Å². The molecule has 18 heteroatoms. The predicted octanol–water partition coefficient (Wildman–Crippen LogP) is 5.34. The summed E-state index contributed by atoms with van der Waals surface area (Å²) in [5.74, 6) is -0.0964. The molecule has 5 amide bonds. The van der Waals surface area contributed by atoms with Crippen molar-refractivity contribution < 1.29 is 33.4 Å². The summed E-state index contributed by atoms with van der Waals surface area (Å²) in [6, 6.07) is 13.6. The number of carbonyl (C=O) groups excluding carboxylic acids is 5. The molecule has 4 atom stereocenters.